The number of aliphatic carboxylic acids is 3. The molecular weight excluding hydrogens is 805 g/mol. The highest BCUT2D eigenvalue weighted by molar-refractivity contribution is 8.01. The number of hydrogen-bond acceptors (Lipinski definition) is 11. The Balaban J connectivity index is 0.996. The minimum atomic E-state index is -1.27. The van der Waals surface area contributed by atoms with Crippen molar-refractivity contribution >= 4 is 58.7 Å². The first kappa shape index (κ1) is 42.0. The highest BCUT2D eigenvalue weighted by atomic mass is 32.2. The van der Waals surface area contributed by atoms with Crippen LogP contribution in [0.2, 0.25) is 0 Å². The van der Waals surface area contributed by atoms with E-state index in [4.69, 9.17) is 18.6 Å². The molecule has 4 heterocycles. The summed E-state index contributed by atoms with van der Waals surface area (Å²) in [6.45, 7) is 2.23. The van der Waals surface area contributed by atoms with E-state index < -0.39 is 71.9 Å². The van der Waals surface area contributed by atoms with E-state index in [0.717, 1.165) is 49.7 Å². The molecule has 1 saturated heterocycles. The number of benzene rings is 1. The Morgan fingerprint density at radius 3 is 1.93 bits per heavy atom. The van der Waals surface area contributed by atoms with Gasteiger partial charge in [-0.1, -0.05) is 31.2 Å². The van der Waals surface area contributed by atoms with Crippen molar-refractivity contribution in [2.45, 2.75) is 143 Å². The predicted molar refractivity (Wildman–Crippen MR) is 220 cm³/mol. The number of carbonyl (C=O) groups excluding carboxylic acids is 3. The molecule has 0 spiro atoms. The maximum atomic E-state index is 13.5. The van der Waals surface area contributed by atoms with E-state index in [0.29, 0.717) is 68.5 Å². The number of ether oxygens (including phenoxy) is 3. The number of furan rings is 2. The van der Waals surface area contributed by atoms with Crippen molar-refractivity contribution < 1.29 is 62.7 Å². The van der Waals surface area contributed by atoms with Gasteiger partial charge in [-0.15, -0.1) is 11.8 Å². The number of carboxylic acid groups (broad SMARTS) is 3. The Morgan fingerprint density at radius 1 is 0.672 bits per heavy atom. The molecule has 2 aliphatic heterocycles. The predicted octanol–water partition coefficient (Wildman–Crippen LogP) is 7.84. The van der Waals surface area contributed by atoms with Crippen molar-refractivity contribution in [2.24, 2.45) is 47.3 Å². The molecule has 14 heteroatoms. The molecule has 2 aromatic heterocycles. The summed E-state index contributed by atoms with van der Waals surface area (Å²) >= 11 is 1.87. The van der Waals surface area contributed by atoms with Gasteiger partial charge in [0.15, 0.2) is 0 Å². The van der Waals surface area contributed by atoms with Crippen molar-refractivity contribution in [2.75, 3.05) is 0 Å². The highest BCUT2D eigenvalue weighted by Crippen LogP contribution is 2.62. The molecule has 10 rings (SSSR count). The molecule has 61 heavy (non-hydrogen) atoms. The fourth-order valence-corrected chi connectivity index (χ4v) is 15.7. The van der Waals surface area contributed by atoms with Crippen LogP contribution in [0.5, 0.6) is 0 Å². The summed E-state index contributed by atoms with van der Waals surface area (Å²) in [6, 6.07) is 3.81. The van der Waals surface area contributed by atoms with Gasteiger partial charge >= 0.3 is 35.8 Å². The van der Waals surface area contributed by atoms with Crippen LogP contribution >= 0.6 is 11.8 Å². The van der Waals surface area contributed by atoms with Gasteiger partial charge in [-0.25, -0.2) is 0 Å². The lowest BCUT2D eigenvalue weighted by Crippen LogP contribution is -2.51. The summed E-state index contributed by atoms with van der Waals surface area (Å²) in [5, 5.41) is 28.8. The SMILES string of the molecule is CC1C2C=CC(CC2)C1C1(OC(=O)CC(=O)O)CCC(Cc2c(C3(OC(=O)CC(=O)O)CCC(CC4C5C=CC(S5)C4C4(OC(=O)CC(=O)O)CCCC4)C3)c3ccc2o3)C1. The van der Waals surface area contributed by atoms with Crippen molar-refractivity contribution in [3.8, 4) is 0 Å². The van der Waals surface area contributed by atoms with Crippen LogP contribution in [0, 0.1) is 47.3 Å². The number of carbonyl (C=O) groups is 6. The normalized spacial score (nSPS) is 36.8. The average molecular weight is 861 g/mol. The molecule has 0 amide bonds. The van der Waals surface area contributed by atoms with E-state index in [9.17, 15) is 44.1 Å². The summed E-state index contributed by atoms with van der Waals surface area (Å²) in [4.78, 5) is 74.4. The van der Waals surface area contributed by atoms with E-state index in [1.54, 1.807) is 0 Å². The number of allylic oxidation sites excluding steroid dienone is 2. The van der Waals surface area contributed by atoms with E-state index in [-0.39, 0.29) is 51.9 Å². The Hall–Kier alpha value is -4.33. The van der Waals surface area contributed by atoms with E-state index in [1.165, 1.54) is 0 Å². The maximum Gasteiger partial charge on any atom is 0.318 e. The first-order chi connectivity index (χ1) is 29.2. The first-order valence-electron chi connectivity index (χ1n) is 22.3. The van der Waals surface area contributed by atoms with Crippen LogP contribution in [-0.2, 0) is 55.0 Å². The molecule has 0 aromatic carbocycles. The molecule has 13 nitrogen and oxygen atoms in total. The molecule has 3 N–H and O–H groups in total. The van der Waals surface area contributed by atoms with Crippen molar-refractivity contribution in [1.29, 1.82) is 0 Å². The molecule has 12 atom stereocenters. The van der Waals surface area contributed by atoms with Gasteiger partial charge in [0.25, 0.3) is 0 Å². The van der Waals surface area contributed by atoms with Crippen LogP contribution in [0.4, 0.5) is 0 Å². The number of thioether (sulfide) groups is 1. The zero-order valence-electron chi connectivity index (χ0n) is 34.6. The summed E-state index contributed by atoms with van der Waals surface area (Å²) in [7, 11) is 0. The van der Waals surface area contributed by atoms with Crippen LogP contribution in [0.1, 0.15) is 121 Å². The summed E-state index contributed by atoms with van der Waals surface area (Å²) < 4.78 is 25.3. The van der Waals surface area contributed by atoms with Gasteiger partial charge in [-0.05, 0) is 138 Å². The van der Waals surface area contributed by atoms with Gasteiger partial charge < -0.3 is 33.9 Å². The van der Waals surface area contributed by atoms with Crippen LogP contribution < -0.4 is 0 Å². The first-order valence-corrected chi connectivity index (χ1v) is 23.3. The number of esters is 3. The number of fused-ring (bicyclic) bond motifs is 6. The highest BCUT2D eigenvalue weighted by Gasteiger charge is 2.60. The second-order valence-corrected chi connectivity index (χ2v) is 20.8. The van der Waals surface area contributed by atoms with Crippen molar-refractivity contribution in [3.63, 3.8) is 0 Å². The summed E-state index contributed by atoms with van der Waals surface area (Å²) in [6.07, 6.45) is 17.0. The third-order valence-electron chi connectivity index (χ3n) is 15.9. The molecule has 0 radical (unpaired) electrons. The maximum absolute atomic E-state index is 13.5. The smallest absolute Gasteiger partial charge is 0.318 e. The summed E-state index contributed by atoms with van der Waals surface area (Å²) in [5.74, 6) is -4.71. The van der Waals surface area contributed by atoms with Crippen molar-refractivity contribution in [1.82, 2.24) is 0 Å². The van der Waals surface area contributed by atoms with Gasteiger partial charge in [0.2, 0.25) is 0 Å². The lowest BCUT2D eigenvalue weighted by Gasteiger charge is -2.51. The molecular formula is C47H56O13S. The zero-order valence-corrected chi connectivity index (χ0v) is 35.4. The molecule has 12 unspecified atom stereocenters. The third kappa shape index (κ3) is 7.77. The van der Waals surface area contributed by atoms with E-state index in [2.05, 4.69) is 31.2 Å². The number of hydrogen-bond donors (Lipinski definition) is 3. The van der Waals surface area contributed by atoms with Gasteiger partial charge in [0, 0.05) is 33.5 Å². The molecule has 8 aliphatic rings. The molecule has 5 fully saturated rings. The fraction of sp³-hybridized carbons (Fsp3) is 0.660. The molecule has 6 aliphatic carbocycles. The van der Waals surface area contributed by atoms with Crippen molar-refractivity contribution in [3.05, 3.63) is 47.6 Å². The minimum absolute atomic E-state index is 0.00981. The lowest BCUT2D eigenvalue weighted by atomic mass is 9.57. The third-order valence-corrected chi connectivity index (χ3v) is 17.5. The van der Waals surface area contributed by atoms with Gasteiger partial charge in [0.1, 0.15) is 47.2 Å². The summed E-state index contributed by atoms with van der Waals surface area (Å²) in [5.41, 5.74) is 0.278. The fourth-order valence-electron chi connectivity index (χ4n) is 13.9. The lowest BCUT2D eigenvalue weighted by molar-refractivity contribution is -0.178. The van der Waals surface area contributed by atoms with Gasteiger partial charge in [-0.2, -0.15) is 0 Å². The van der Waals surface area contributed by atoms with E-state index in [1.807, 2.05) is 23.9 Å². The topological polar surface area (TPSA) is 204 Å². The number of rotatable bonds is 16. The molecule has 2 aromatic rings. The molecule has 6 bridgehead atoms. The largest absolute Gasteiger partial charge is 0.481 e. The van der Waals surface area contributed by atoms with Crippen LogP contribution in [-0.4, -0.2) is 72.8 Å². The Labute approximate surface area is 358 Å². The molecule has 4 saturated carbocycles. The van der Waals surface area contributed by atoms with E-state index >= 15 is 0 Å². The van der Waals surface area contributed by atoms with Crippen LogP contribution in [0.25, 0.3) is 11.2 Å². The number of carboxylic acids is 3. The van der Waals surface area contributed by atoms with Gasteiger partial charge in [0.05, 0.1) is 0 Å². The van der Waals surface area contributed by atoms with Gasteiger partial charge in [-0.3, -0.25) is 28.8 Å². The average Bonchev–Trinajstić information content (AvgIpc) is 4.05. The Bertz CT molecular complexity index is 2130. The Kier molecular flexibility index (Phi) is 11.1. The second kappa shape index (κ2) is 16.1. The minimum Gasteiger partial charge on any atom is -0.481 e. The standard InChI is InChI=1S/C47H56O13S/c1-25-28-4-6-29(7-5-28)42(25)46(59-40(55)21-37(50)51)16-12-26(23-46)18-30-32-8-9-33(57-32)43(30)47(60-41(56)22-38(52)53)17-13-27(24-47)19-31-34-10-11-35(61-34)44(31)45(14-2-3-15-45)58-39(54)20-36(48)49/h4,6,8-11,25-29,31,34-35,42,44H,2-3,5,7,12-24H2,1H3,(H,48,49)(H,50,51)(H,52,53). The second-order valence-electron chi connectivity index (χ2n) is 19.5. The Morgan fingerprint density at radius 2 is 1.28 bits per heavy atom. The zero-order chi connectivity index (χ0) is 42.8. The monoisotopic (exact) mass is 860 g/mol. The van der Waals surface area contributed by atoms with Crippen LogP contribution in [0.15, 0.2) is 40.9 Å². The molecule has 328 valence electrons. The van der Waals surface area contributed by atoms with Crippen LogP contribution in [0.3, 0.4) is 0 Å². The quantitative estimate of drug-likeness (QED) is 0.0637.